The highest BCUT2D eigenvalue weighted by Crippen LogP contribution is 2.69. The lowest BCUT2D eigenvalue weighted by molar-refractivity contribution is -0.123. The first-order valence-electron chi connectivity index (χ1n) is 15.0. The van der Waals surface area contributed by atoms with E-state index in [4.69, 9.17) is 4.74 Å². The van der Waals surface area contributed by atoms with Crippen LogP contribution < -0.4 is 19.8 Å². The van der Waals surface area contributed by atoms with E-state index in [2.05, 4.69) is 42.2 Å². The van der Waals surface area contributed by atoms with Crippen molar-refractivity contribution < 1.29 is 19.1 Å². The molecule has 3 heterocycles. The summed E-state index contributed by atoms with van der Waals surface area (Å²) in [5.74, 6) is -1.11. The van der Waals surface area contributed by atoms with Crippen molar-refractivity contribution >= 4 is 84.1 Å². The molecular formula is C34H27Br2N3O5S2. The van der Waals surface area contributed by atoms with Crippen molar-refractivity contribution in [2.45, 2.75) is 29.5 Å². The number of carbonyl (C=O) groups excluding carboxylic acids is 3. The van der Waals surface area contributed by atoms with Crippen molar-refractivity contribution in [1.82, 2.24) is 4.98 Å². The number of aromatic amines is 1. The van der Waals surface area contributed by atoms with Gasteiger partial charge in [0.15, 0.2) is 6.61 Å². The van der Waals surface area contributed by atoms with Gasteiger partial charge in [0.05, 0.1) is 22.5 Å². The van der Waals surface area contributed by atoms with Crippen LogP contribution >= 0.6 is 55.0 Å². The number of carbonyl (C=O) groups is 3. The van der Waals surface area contributed by atoms with Crippen molar-refractivity contribution in [1.29, 1.82) is 0 Å². The Kier molecular flexibility index (Phi) is 7.54. The zero-order chi connectivity index (χ0) is 31.9. The number of nitrogens with one attached hydrogen (secondary N) is 2. The minimum absolute atomic E-state index is 0.00224. The van der Waals surface area contributed by atoms with Gasteiger partial charge in [-0.2, -0.15) is 0 Å². The van der Waals surface area contributed by atoms with E-state index in [1.807, 2.05) is 61.5 Å². The first-order valence-corrected chi connectivity index (χ1v) is 18.3. The van der Waals surface area contributed by atoms with E-state index in [1.165, 1.54) is 16.2 Å². The molecule has 4 aliphatic rings. The molecule has 2 aliphatic carbocycles. The first-order chi connectivity index (χ1) is 22.2. The lowest BCUT2D eigenvalue weighted by Crippen LogP contribution is -2.42. The van der Waals surface area contributed by atoms with Gasteiger partial charge in [0.25, 0.3) is 5.91 Å². The minimum Gasteiger partial charge on any atom is -0.483 e. The lowest BCUT2D eigenvalue weighted by atomic mass is 9.68. The van der Waals surface area contributed by atoms with Crippen LogP contribution in [0.4, 0.5) is 11.4 Å². The van der Waals surface area contributed by atoms with Crippen LogP contribution in [0.15, 0.2) is 85.5 Å². The number of nitrogens with zero attached hydrogens (tertiary/aromatic N) is 1. The van der Waals surface area contributed by atoms with Crippen LogP contribution in [-0.4, -0.2) is 34.6 Å². The van der Waals surface area contributed by atoms with E-state index in [0.717, 1.165) is 36.4 Å². The quantitative estimate of drug-likeness (QED) is 0.205. The van der Waals surface area contributed by atoms with E-state index in [1.54, 1.807) is 23.9 Å². The van der Waals surface area contributed by atoms with Crippen molar-refractivity contribution in [2.24, 2.45) is 29.6 Å². The van der Waals surface area contributed by atoms with E-state index in [9.17, 15) is 19.2 Å². The standard InChI is InChI=1S/C34H27Br2N3O5S2/c1-15-3-2-4-18(11-15)37-24(40)14-44-23-10-7-17(36)12-20(23)25-26-21-13-22(29(26)45-31-30(25)46-34(43)38-31)28-27(21)32(41)39(33(28)42)19-8-5-16(35)6-9-19/h2-12,21-22,25-29H,13-14H2,1H3,(H,37,40)(H,38,43)/t21-,22-,25-,26?,27?,28?,29?/m1/s1. The fourth-order valence-electron chi connectivity index (χ4n) is 8.17. The van der Waals surface area contributed by atoms with Crippen LogP contribution in [0.25, 0.3) is 0 Å². The van der Waals surface area contributed by atoms with Crippen LogP contribution in [0.1, 0.15) is 28.3 Å². The molecule has 0 radical (unpaired) electrons. The number of ether oxygens (including phenoxy) is 1. The van der Waals surface area contributed by atoms with Gasteiger partial charge in [-0.25, -0.2) is 0 Å². The van der Waals surface area contributed by atoms with Gasteiger partial charge >= 0.3 is 4.87 Å². The normalized spacial score (nSPS) is 27.4. The molecule has 8 nitrogen and oxygen atoms in total. The molecular weight excluding hydrogens is 754 g/mol. The molecule has 8 rings (SSSR count). The highest BCUT2D eigenvalue weighted by atomic mass is 79.9. The molecule has 1 saturated heterocycles. The third kappa shape index (κ3) is 4.91. The summed E-state index contributed by atoms with van der Waals surface area (Å²) in [6.07, 6.45) is 0.780. The Balaban J connectivity index is 1.14. The maximum atomic E-state index is 14.1. The number of thioether (sulfide) groups is 1. The van der Waals surface area contributed by atoms with Crippen LogP contribution in [0.2, 0.25) is 0 Å². The monoisotopic (exact) mass is 779 g/mol. The van der Waals surface area contributed by atoms with Crippen LogP contribution in [0.5, 0.6) is 5.75 Å². The maximum Gasteiger partial charge on any atom is 0.305 e. The van der Waals surface area contributed by atoms with Gasteiger partial charge in [0.2, 0.25) is 11.8 Å². The molecule has 46 heavy (non-hydrogen) atoms. The first kappa shape index (κ1) is 30.2. The molecule has 3 fully saturated rings. The summed E-state index contributed by atoms with van der Waals surface area (Å²) in [7, 11) is 0. The molecule has 2 N–H and O–H groups in total. The zero-order valence-corrected chi connectivity index (χ0v) is 29.2. The molecule has 2 saturated carbocycles. The minimum atomic E-state index is -0.417. The average Bonchev–Trinajstić information content (AvgIpc) is 3.76. The second-order valence-electron chi connectivity index (χ2n) is 12.3. The van der Waals surface area contributed by atoms with E-state index in [0.29, 0.717) is 17.1 Å². The van der Waals surface area contributed by atoms with E-state index < -0.39 is 5.92 Å². The summed E-state index contributed by atoms with van der Waals surface area (Å²) >= 11 is 9.91. The predicted octanol–water partition coefficient (Wildman–Crippen LogP) is 6.97. The van der Waals surface area contributed by atoms with Crippen molar-refractivity contribution in [3.63, 3.8) is 0 Å². The number of H-pyrrole nitrogens is 1. The summed E-state index contributed by atoms with van der Waals surface area (Å²) in [4.78, 5) is 58.9. The Morgan fingerprint density at radius 1 is 0.978 bits per heavy atom. The van der Waals surface area contributed by atoms with Gasteiger partial charge in [-0.3, -0.25) is 24.1 Å². The molecule has 3 amide bonds. The molecule has 3 aromatic carbocycles. The number of thiazole rings is 1. The molecule has 7 atom stereocenters. The molecule has 2 bridgehead atoms. The van der Waals surface area contributed by atoms with Crippen LogP contribution in [0, 0.1) is 36.5 Å². The molecule has 4 unspecified atom stereocenters. The number of imide groups is 1. The second-order valence-corrected chi connectivity index (χ2v) is 16.4. The third-order valence-corrected chi connectivity index (χ3v) is 13.4. The number of anilines is 2. The summed E-state index contributed by atoms with van der Waals surface area (Å²) in [6.45, 7) is 1.77. The fraction of sp³-hybridized carbons (Fsp3) is 0.294. The maximum absolute atomic E-state index is 14.1. The van der Waals surface area contributed by atoms with Crippen molar-refractivity contribution in [2.75, 3.05) is 16.8 Å². The molecule has 12 heteroatoms. The highest BCUT2D eigenvalue weighted by molar-refractivity contribution is 9.10. The van der Waals surface area contributed by atoms with Crippen LogP contribution in [0.3, 0.4) is 0 Å². The molecule has 1 aromatic heterocycles. The lowest BCUT2D eigenvalue weighted by Gasteiger charge is -2.43. The largest absolute Gasteiger partial charge is 0.483 e. The number of hydrogen-bond donors (Lipinski definition) is 2. The third-order valence-electron chi connectivity index (χ3n) is 9.78. The van der Waals surface area contributed by atoms with Gasteiger partial charge in [-0.05, 0) is 91.3 Å². The second kappa shape index (κ2) is 11.5. The van der Waals surface area contributed by atoms with E-state index >= 15 is 0 Å². The predicted molar refractivity (Wildman–Crippen MR) is 185 cm³/mol. The Labute approximate surface area is 289 Å². The van der Waals surface area contributed by atoms with Crippen LogP contribution in [-0.2, 0) is 14.4 Å². The molecule has 2 aliphatic heterocycles. The van der Waals surface area contributed by atoms with Crippen molar-refractivity contribution in [3.8, 4) is 5.75 Å². The molecule has 4 aromatic rings. The highest BCUT2D eigenvalue weighted by Gasteiger charge is 2.69. The van der Waals surface area contributed by atoms with E-state index in [-0.39, 0.29) is 64.0 Å². The molecule has 0 spiro atoms. The number of hydrogen-bond acceptors (Lipinski definition) is 7. The smallest absolute Gasteiger partial charge is 0.305 e. The number of fused-ring (bicyclic) bond motifs is 9. The summed E-state index contributed by atoms with van der Waals surface area (Å²) in [5.41, 5.74) is 3.18. The summed E-state index contributed by atoms with van der Waals surface area (Å²) < 4.78 is 7.93. The molecule has 234 valence electrons. The average molecular weight is 782 g/mol. The number of aromatic nitrogens is 1. The Morgan fingerprint density at radius 3 is 2.48 bits per heavy atom. The topological polar surface area (TPSA) is 109 Å². The van der Waals surface area contributed by atoms with Crippen molar-refractivity contribution in [3.05, 3.63) is 101 Å². The van der Waals surface area contributed by atoms with Gasteiger partial charge in [-0.1, -0.05) is 55.3 Å². The summed E-state index contributed by atoms with van der Waals surface area (Å²) in [6, 6.07) is 20.6. The SMILES string of the molecule is Cc1cccc(NC(=O)COc2ccc(Br)cc2[C@H]2c3sc(=O)[nH]c3SC3C2[C@H]2C[C@@H]3C3C(=O)N(c4ccc(Br)cc4)C(=O)C32)c1. The van der Waals surface area contributed by atoms with Gasteiger partial charge < -0.3 is 15.0 Å². The summed E-state index contributed by atoms with van der Waals surface area (Å²) in [5, 5.41) is 3.75. The number of amides is 3. The van der Waals surface area contributed by atoms with Gasteiger partial charge in [-0.15, -0.1) is 11.8 Å². The zero-order valence-electron chi connectivity index (χ0n) is 24.4. The number of halogens is 2. The number of benzene rings is 3. The Bertz CT molecular complexity index is 1980. The Hall–Kier alpha value is -3.19. The van der Waals surface area contributed by atoms with Gasteiger partial charge in [0.1, 0.15) is 5.75 Å². The Morgan fingerprint density at radius 2 is 1.72 bits per heavy atom. The number of rotatable bonds is 6. The number of aryl methyl sites for hydroxylation is 1. The van der Waals surface area contributed by atoms with Gasteiger partial charge in [0, 0.05) is 36.2 Å². The fourth-order valence-corrected chi connectivity index (χ4v) is 11.7.